The van der Waals surface area contributed by atoms with Crippen molar-refractivity contribution in [1.82, 2.24) is 0 Å². The standard InChI is InChI=1S/C9H8I2O/c10-6-1-4-8(11)9(5-6)12-7-2-3-7/h1,4-5,7H,2-3H2. The Morgan fingerprint density at radius 3 is 2.67 bits per heavy atom. The van der Waals surface area contributed by atoms with E-state index in [9.17, 15) is 0 Å². The topological polar surface area (TPSA) is 9.23 Å². The van der Waals surface area contributed by atoms with Crippen molar-refractivity contribution >= 4 is 45.2 Å². The Kier molecular flexibility index (Phi) is 2.78. The van der Waals surface area contributed by atoms with Crippen molar-refractivity contribution in [2.45, 2.75) is 18.9 Å². The molecule has 0 saturated heterocycles. The van der Waals surface area contributed by atoms with E-state index in [1.165, 1.54) is 20.0 Å². The summed E-state index contributed by atoms with van der Waals surface area (Å²) in [5.41, 5.74) is 0. The molecule has 0 N–H and O–H groups in total. The van der Waals surface area contributed by atoms with Gasteiger partial charge < -0.3 is 4.74 Å². The predicted molar refractivity (Wildman–Crippen MR) is 65.5 cm³/mol. The summed E-state index contributed by atoms with van der Waals surface area (Å²) in [5.74, 6) is 1.05. The summed E-state index contributed by atoms with van der Waals surface area (Å²) in [6.45, 7) is 0. The zero-order valence-corrected chi connectivity index (χ0v) is 10.7. The fourth-order valence-electron chi connectivity index (χ4n) is 0.933. The van der Waals surface area contributed by atoms with E-state index in [-0.39, 0.29) is 0 Å². The molecule has 1 nitrogen and oxygen atoms in total. The molecule has 0 aromatic heterocycles. The fourth-order valence-corrected chi connectivity index (χ4v) is 1.86. The minimum atomic E-state index is 0.497. The average molecular weight is 386 g/mol. The lowest BCUT2D eigenvalue weighted by molar-refractivity contribution is 0.301. The molecular formula is C9H8I2O. The maximum absolute atomic E-state index is 5.72. The smallest absolute Gasteiger partial charge is 0.134 e. The van der Waals surface area contributed by atoms with Crippen LogP contribution in [0.2, 0.25) is 0 Å². The molecule has 0 radical (unpaired) electrons. The van der Waals surface area contributed by atoms with Crippen LogP contribution in [0.3, 0.4) is 0 Å². The van der Waals surface area contributed by atoms with Crippen molar-refractivity contribution in [3.05, 3.63) is 25.3 Å². The number of halogens is 2. The van der Waals surface area contributed by atoms with Gasteiger partial charge in [0.2, 0.25) is 0 Å². The van der Waals surface area contributed by atoms with Crippen LogP contribution in [0.1, 0.15) is 12.8 Å². The summed E-state index contributed by atoms with van der Waals surface area (Å²) in [7, 11) is 0. The lowest BCUT2D eigenvalue weighted by Gasteiger charge is -2.06. The van der Waals surface area contributed by atoms with Gasteiger partial charge in [-0.3, -0.25) is 0 Å². The molecule has 1 aliphatic carbocycles. The van der Waals surface area contributed by atoms with Gasteiger partial charge >= 0.3 is 0 Å². The molecule has 0 unspecified atom stereocenters. The maximum atomic E-state index is 5.72. The molecule has 3 heteroatoms. The van der Waals surface area contributed by atoms with E-state index >= 15 is 0 Å². The predicted octanol–water partition coefficient (Wildman–Crippen LogP) is 3.44. The first-order valence-electron chi connectivity index (χ1n) is 3.87. The normalized spacial score (nSPS) is 16.2. The number of ether oxygens (including phenoxy) is 1. The van der Waals surface area contributed by atoms with Crippen molar-refractivity contribution < 1.29 is 4.74 Å². The number of hydrogen-bond donors (Lipinski definition) is 0. The van der Waals surface area contributed by atoms with Crippen molar-refractivity contribution in [2.75, 3.05) is 0 Å². The first-order chi connectivity index (χ1) is 5.75. The van der Waals surface area contributed by atoms with Crippen LogP contribution in [0, 0.1) is 7.14 Å². The van der Waals surface area contributed by atoms with Crippen LogP contribution >= 0.6 is 45.2 Å². The molecule has 1 saturated carbocycles. The summed E-state index contributed by atoms with van der Waals surface area (Å²) < 4.78 is 8.17. The van der Waals surface area contributed by atoms with Crippen molar-refractivity contribution in [1.29, 1.82) is 0 Å². The molecule has 1 aromatic rings. The third kappa shape index (κ3) is 2.25. The number of rotatable bonds is 2. The summed E-state index contributed by atoms with van der Waals surface area (Å²) in [4.78, 5) is 0. The average Bonchev–Trinajstić information content (AvgIpc) is 2.81. The Bertz CT molecular complexity index is 295. The third-order valence-corrected chi connectivity index (χ3v) is 3.27. The number of benzene rings is 1. The monoisotopic (exact) mass is 386 g/mol. The summed E-state index contributed by atoms with van der Waals surface area (Å²) >= 11 is 4.62. The zero-order valence-electron chi connectivity index (χ0n) is 6.39. The molecule has 0 spiro atoms. The molecule has 1 aliphatic rings. The van der Waals surface area contributed by atoms with Gasteiger partial charge in [-0.2, -0.15) is 0 Å². The van der Waals surface area contributed by atoms with E-state index in [4.69, 9.17) is 4.74 Å². The van der Waals surface area contributed by atoms with Crippen LogP contribution in [0.25, 0.3) is 0 Å². The van der Waals surface area contributed by atoms with Crippen molar-refractivity contribution in [2.24, 2.45) is 0 Å². The largest absolute Gasteiger partial charge is 0.489 e. The molecule has 64 valence electrons. The Morgan fingerprint density at radius 2 is 2.00 bits per heavy atom. The van der Waals surface area contributed by atoms with E-state index in [0.29, 0.717) is 6.10 Å². The SMILES string of the molecule is Ic1ccc(I)c(OC2CC2)c1. The summed E-state index contributed by atoms with van der Waals surface area (Å²) in [6, 6.07) is 6.29. The molecule has 0 atom stereocenters. The van der Waals surface area contributed by atoms with E-state index in [1.807, 2.05) is 0 Å². The highest BCUT2D eigenvalue weighted by Gasteiger charge is 2.24. The van der Waals surface area contributed by atoms with E-state index < -0.39 is 0 Å². The highest BCUT2D eigenvalue weighted by Crippen LogP contribution is 2.30. The van der Waals surface area contributed by atoms with E-state index in [2.05, 4.69) is 63.4 Å². The molecular weight excluding hydrogens is 378 g/mol. The number of hydrogen-bond acceptors (Lipinski definition) is 1. The van der Waals surface area contributed by atoms with Gasteiger partial charge in [0.1, 0.15) is 5.75 Å². The van der Waals surface area contributed by atoms with E-state index in [1.54, 1.807) is 0 Å². The van der Waals surface area contributed by atoms with Gasteiger partial charge in [0.05, 0.1) is 9.67 Å². The summed E-state index contributed by atoms with van der Waals surface area (Å²) in [5, 5.41) is 0. The molecule has 0 amide bonds. The second-order valence-electron chi connectivity index (χ2n) is 2.89. The van der Waals surface area contributed by atoms with Crippen molar-refractivity contribution in [3.8, 4) is 5.75 Å². The second-order valence-corrected chi connectivity index (χ2v) is 5.30. The molecule has 2 rings (SSSR count). The molecule has 12 heavy (non-hydrogen) atoms. The van der Waals surface area contributed by atoms with Crippen LogP contribution in [-0.4, -0.2) is 6.10 Å². The van der Waals surface area contributed by atoms with Crippen molar-refractivity contribution in [3.63, 3.8) is 0 Å². The zero-order chi connectivity index (χ0) is 8.55. The van der Waals surface area contributed by atoms with Crippen LogP contribution in [0.4, 0.5) is 0 Å². The van der Waals surface area contributed by atoms with Gasteiger partial charge in [0, 0.05) is 3.57 Å². The molecule has 0 aliphatic heterocycles. The lowest BCUT2D eigenvalue weighted by atomic mass is 10.3. The van der Waals surface area contributed by atoms with Gasteiger partial charge in [-0.05, 0) is 76.2 Å². The van der Waals surface area contributed by atoms with Crippen LogP contribution < -0.4 is 4.74 Å². The third-order valence-electron chi connectivity index (χ3n) is 1.71. The Balaban J connectivity index is 2.21. The fraction of sp³-hybridized carbons (Fsp3) is 0.333. The first kappa shape index (κ1) is 9.05. The van der Waals surface area contributed by atoms with Gasteiger partial charge in [-0.25, -0.2) is 0 Å². The summed E-state index contributed by atoms with van der Waals surface area (Å²) in [6.07, 6.45) is 2.94. The highest BCUT2D eigenvalue weighted by atomic mass is 127. The van der Waals surface area contributed by atoms with Gasteiger partial charge in [-0.1, -0.05) is 0 Å². The van der Waals surface area contributed by atoms with Gasteiger partial charge in [0.15, 0.2) is 0 Å². The quantitative estimate of drug-likeness (QED) is 0.708. The lowest BCUT2D eigenvalue weighted by Crippen LogP contribution is -1.97. The Hall–Kier alpha value is 0.480. The second kappa shape index (κ2) is 3.69. The van der Waals surface area contributed by atoms with Crippen LogP contribution in [0.5, 0.6) is 5.75 Å². The van der Waals surface area contributed by atoms with Crippen LogP contribution in [0.15, 0.2) is 18.2 Å². The van der Waals surface area contributed by atoms with Gasteiger partial charge in [0.25, 0.3) is 0 Å². The van der Waals surface area contributed by atoms with E-state index in [0.717, 1.165) is 5.75 Å². The minimum Gasteiger partial charge on any atom is -0.489 e. The molecule has 0 bridgehead atoms. The van der Waals surface area contributed by atoms with Gasteiger partial charge in [-0.15, -0.1) is 0 Å². The molecule has 0 heterocycles. The maximum Gasteiger partial charge on any atom is 0.134 e. The molecule has 1 fully saturated rings. The first-order valence-corrected chi connectivity index (χ1v) is 6.03. The highest BCUT2D eigenvalue weighted by molar-refractivity contribution is 14.1. The Morgan fingerprint density at radius 1 is 1.25 bits per heavy atom. The minimum absolute atomic E-state index is 0.497. The Labute approximate surface area is 99.2 Å². The van der Waals surface area contributed by atoms with Crippen LogP contribution in [-0.2, 0) is 0 Å². The molecule has 1 aromatic carbocycles.